The van der Waals surface area contributed by atoms with Gasteiger partial charge < -0.3 is 11.1 Å². The van der Waals surface area contributed by atoms with Crippen molar-refractivity contribution < 1.29 is 0 Å². The molecular weight excluding hydrogens is 238 g/mol. The summed E-state index contributed by atoms with van der Waals surface area (Å²) in [6, 6.07) is 0. The zero-order valence-corrected chi connectivity index (χ0v) is 12.6. The first-order valence-electron chi connectivity index (χ1n) is 6.77. The van der Waals surface area contributed by atoms with E-state index in [1.165, 1.54) is 6.33 Å². The molecule has 0 spiro atoms. The van der Waals surface area contributed by atoms with Crippen LogP contribution in [0.3, 0.4) is 0 Å². The van der Waals surface area contributed by atoms with Gasteiger partial charge in [0.05, 0.1) is 0 Å². The van der Waals surface area contributed by atoms with E-state index in [1.807, 2.05) is 14.1 Å². The molecule has 0 fully saturated rings. The van der Waals surface area contributed by atoms with Gasteiger partial charge in [0.25, 0.3) is 0 Å². The molecule has 1 aromatic heterocycles. The Morgan fingerprint density at radius 2 is 2.11 bits per heavy atom. The minimum absolute atomic E-state index is 0.430. The molecule has 0 aliphatic rings. The van der Waals surface area contributed by atoms with E-state index >= 15 is 0 Å². The van der Waals surface area contributed by atoms with Crippen molar-refractivity contribution in [2.24, 2.45) is 16.8 Å². The molecule has 0 amide bonds. The van der Waals surface area contributed by atoms with Crippen LogP contribution in [0, 0.1) is 11.8 Å². The summed E-state index contributed by atoms with van der Waals surface area (Å²) < 4.78 is 0. The van der Waals surface area contributed by atoms with Crippen LogP contribution >= 0.6 is 0 Å². The normalized spacial score (nSPS) is 15.1. The second kappa shape index (κ2) is 7.07. The molecule has 0 aromatic carbocycles. The maximum Gasteiger partial charge on any atom is 0.134 e. The van der Waals surface area contributed by atoms with Crippen molar-refractivity contribution in [1.82, 2.24) is 9.97 Å². The molecule has 0 saturated carbocycles. The zero-order chi connectivity index (χ0) is 14.4. The van der Waals surface area contributed by atoms with Gasteiger partial charge in [-0.05, 0) is 11.8 Å². The fourth-order valence-electron chi connectivity index (χ4n) is 2.12. The van der Waals surface area contributed by atoms with Crippen molar-refractivity contribution in [2.75, 3.05) is 25.1 Å². The molecule has 0 bridgehead atoms. The smallest absolute Gasteiger partial charge is 0.134 e. The van der Waals surface area contributed by atoms with E-state index in [0.717, 1.165) is 23.5 Å². The van der Waals surface area contributed by atoms with E-state index < -0.39 is 0 Å². The minimum atomic E-state index is 0.430. The van der Waals surface area contributed by atoms with Crippen LogP contribution in [0.15, 0.2) is 11.3 Å². The summed E-state index contributed by atoms with van der Waals surface area (Å²) in [6.45, 7) is 6.67. The standard InChI is InChI=1S/C14H25N5/c1-6-9(2)10(3)12(16-4)7-11-13(15)18-8-19-14(11)17-5/h8-10H,6-7H2,1-5H3,(H3,15,17,18,19)/t9-,10+/m0/s1. The van der Waals surface area contributed by atoms with E-state index in [1.54, 1.807) is 0 Å². The second-order valence-electron chi connectivity index (χ2n) is 4.90. The van der Waals surface area contributed by atoms with E-state index in [9.17, 15) is 0 Å². The third-order valence-corrected chi connectivity index (χ3v) is 3.88. The number of anilines is 2. The maximum atomic E-state index is 5.96. The maximum absolute atomic E-state index is 5.96. The zero-order valence-electron chi connectivity index (χ0n) is 12.6. The molecule has 5 heteroatoms. The monoisotopic (exact) mass is 263 g/mol. The summed E-state index contributed by atoms with van der Waals surface area (Å²) in [5.41, 5.74) is 8.04. The van der Waals surface area contributed by atoms with E-state index in [2.05, 4.69) is 41.0 Å². The Morgan fingerprint density at radius 1 is 1.42 bits per heavy atom. The molecule has 1 heterocycles. The van der Waals surface area contributed by atoms with Crippen LogP contribution in [0.2, 0.25) is 0 Å². The molecule has 0 radical (unpaired) electrons. The number of nitrogens with one attached hydrogen (secondary N) is 1. The molecule has 0 unspecified atom stereocenters. The summed E-state index contributed by atoms with van der Waals surface area (Å²) in [5, 5.41) is 3.06. The first-order valence-corrected chi connectivity index (χ1v) is 6.77. The summed E-state index contributed by atoms with van der Waals surface area (Å²) in [6.07, 6.45) is 3.32. The van der Waals surface area contributed by atoms with Gasteiger partial charge >= 0.3 is 0 Å². The molecule has 0 aliphatic heterocycles. The topological polar surface area (TPSA) is 76.2 Å². The van der Waals surface area contributed by atoms with Crippen LogP contribution in [-0.2, 0) is 6.42 Å². The van der Waals surface area contributed by atoms with Gasteiger partial charge in [-0.1, -0.05) is 27.2 Å². The van der Waals surface area contributed by atoms with Crippen molar-refractivity contribution in [3.8, 4) is 0 Å². The molecule has 5 nitrogen and oxygen atoms in total. The first-order chi connectivity index (χ1) is 9.04. The Morgan fingerprint density at radius 3 is 2.63 bits per heavy atom. The molecule has 2 atom stereocenters. The molecule has 0 aliphatic carbocycles. The van der Waals surface area contributed by atoms with Gasteiger partial charge in [0.2, 0.25) is 0 Å². The lowest BCUT2D eigenvalue weighted by atomic mass is 9.86. The van der Waals surface area contributed by atoms with Gasteiger partial charge in [-0.25, -0.2) is 9.97 Å². The van der Waals surface area contributed by atoms with Crippen molar-refractivity contribution >= 4 is 17.3 Å². The van der Waals surface area contributed by atoms with Gasteiger partial charge in [0, 0.05) is 31.8 Å². The number of nitrogens with zero attached hydrogens (tertiary/aromatic N) is 3. The molecule has 3 N–H and O–H groups in total. The lowest BCUT2D eigenvalue weighted by molar-refractivity contribution is 0.465. The highest BCUT2D eigenvalue weighted by atomic mass is 15.0. The van der Waals surface area contributed by atoms with Crippen LogP contribution in [0.1, 0.15) is 32.8 Å². The van der Waals surface area contributed by atoms with Crippen LogP contribution in [0.4, 0.5) is 11.6 Å². The summed E-state index contributed by atoms with van der Waals surface area (Å²) in [7, 11) is 3.68. The number of hydrogen-bond acceptors (Lipinski definition) is 5. The lowest BCUT2D eigenvalue weighted by Crippen LogP contribution is -2.22. The quantitative estimate of drug-likeness (QED) is 0.773. The van der Waals surface area contributed by atoms with Crippen LogP contribution in [0.25, 0.3) is 0 Å². The first kappa shape index (κ1) is 15.4. The van der Waals surface area contributed by atoms with E-state index in [-0.39, 0.29) is 0 Å². The summed E-state index contributed by atoms with van der Waals surface area (Å²) in [4.78, 5) is 12.7. The number of nitrogens with two attached hydrogens (primary N) is 1. The minimum Gasteiger partial charge on any atom is -0.383 e. The number of rotatable bonds is 6. The van der Waals surface area contributed by atoms with Crippen molar-refractivity contribution in [2.45, 2.75) is 33.6 Å². The van der Waals surface area contributed by atoms with Crippen LogP contribution in [0.5, 0.6) is 0 Å². The van der Waals surface area contributed by atoms with Crippen LogP contribution < -0.4 is 11.1 Å². The van der Waals surface area contributed by atoms with E-state index in [4.69, 9.17) is 5.73 Å². The Bertz CT molecular complexity index is 441. The van der Waals surface area contributed by atoms with Crippen molar-refractivity contribution in [1.29, 1.82) is 0 Å². The average molecular weight is 263 g/mol. The highest BCUT2D eigenvalue weighted by Crippen LogP contribution is 2.23. The number of hydrogen-bond donors (Lipinski definition) is 2. The molecule has 1 aromatic rings. The number of aliphatic imine (C=N–C) groups is 1. The summed E-state index contributed by atoms with van der Waals surface area (Å²) in [5.74, 6) is 2.34. The molecular formula is C14H25N5. The Hall–Kier alpha value is -1.65. The molecule has 106 valence electrons. The lowest BCUT2D eigenvalue weighted by Gasteiger charge is -2.21. The van der Waals surface area contributed by atoms with Gasteiger partial charge in [-0.15, -0.1) is 0 Å². The van der Waals surface area contributed by atoms with Gasteiger partial charge in [0.15, 0.2) is 0 Å². The number of aromatic nitrogens is 2. The highest BCUT2D eigenvalue weighted by Gasteiger charge is 2.19. The fourth-order valence-corrected chi connectivity index (χ4v) is 2.12. The SMILES string of the molecule is CC[C@H](C)[C@@H](C)C(Cc1c(N)ncnc1NC)=NC. The average Bonchev–Trinajstić information content (AvgIpc) is 2.44. The van der Waals surface area contributed by atoms with Gasteiger partial charge in [-0.2, -0.15) is 0 Å². The van der Waals surface area contributed by atoms with Crippen molar-refractivity contribution in [3.63, 3.8) is 0 Å². The summed E-state index contributed by atoms with van der Waals surface area (Å²) >= 11 is 0. The van der Waals surface area contributed by atoms with E-state index in [0.29, 0.717) is 24.1 Å². The fraction of sp³-hybridized carbons (Fsp3) is 0.643. The van der Waals surface area contributed by atoms with Gasteiger partial charge in [0.1, 0.15) is 18.0 Å². The predicted molar refractivity (Wildman–Crippen MR) is 81.7 cm³/mol. The third-order valence-electron chi connectivity index (χ3n) is 3.88. The third kappa shape index (κ3) is 3.66. The van der Waals surface area contributed by atoms with Crippen LogP contribution in [-0.4, -0.2) is 29.8 Å². The molecule has 1 rings (SSSR count). The number of nitrogen functional groups attached to an aromatic ring is 1. The Kier molecular flexibility index (Phi) is 5.73. The largest absolute Gasteiger partial charge is 0.383 e. The predicted octanol–water partition coefficient (Wildman–Crippen LogP) is 2.40. The molecule has 0 saturated heterocycles. The Labute approximate surface area is 115 Å². The Balaban J connectivity index is 3.00. The highest BCUT2D eigenvalue weighted by molar-refractivity contribution is 5.90. The van der Waals surface area contributed by atoms with Crippen molar-refractivity contribution in [3.05, 3.63) is 11.9 Å². The van der Waals surface area contributed by atoms with Gasteiger partial charge in [-0.3, -0.25) is 4.99 Å². The second-order valence-corrected chi connectivity index (χ2v) is 4.90. The molecule has 19 heavy (non-hydrogen) atoms.